The van der Waals surface area contributed by atoms with Gasteiger partial charge in [-0.05, 0) is 24.6 Å². The standard InChI is InChI=1S/C12H12Cl2N2O2S2/c1-8(9-4-3-5-10(13)6-9)16(2)20(17,18)11-7-15-12(14)19-11/h3-8H,1-2H3. The van der Waals surface area contributed by atoms with Crippen molar-refractivity contribution < 1.29 is 8.42 Å². The highest BCUT2D eigenvalue weighted by Gasteiger charge is 2.28. The molecule has 0 bridgehead atoms. The van der Waals surface area contributed by atoms with Crippen LogP contribution in [0.1, 0.15) is 18.5 Å². The van der Waals surface area contributed by atoms with Gasteiger partial charge in [-0.2, -0.15) is 4.31 Å². The number of rotatable bonds is 4. The number of thiazole rings is 1. The van der Waals surface area contributed by atoms with Crippen molar-refractivity contribution in [3.05, 3.63) is 45.5 Å². The van der Waals surface area contributed by atoms with Crippen molar-refractivity contribution in [1.82, 2.24) is 9.29 Å². The Bertz CT molecular complexity index is 716. The summed E-state index contributed by atoms with van der Waals surface area (Å²) in [6, 6.07) is 6.77. The number of aromatic nitrogens is 1. The summed E-state index contributed by atoms with van der Waals surface area (Å²) in [5.41, 5.74) is 0.819. The van der Waals surface area contributed by atoms with Crippen molar-refractivity contribution in [2.45, 2.75) is 17.2 Å². The molecule has 2 rings (SSSR count). The summed E-state index contributed by atoms with van der Waals surface area (Å²) in [6.45, 7) is 1.80. The van der Waals surface area contributed by atoms with E-state index in [2.05, 4.69) is 4.98 Å². The van der Waals surface area contributed by atoms with E-state index in [0.29, 0.717) is 5.02 Å². The Morgan fingerprint density at radius 1 is 1.35 bits per heavy atom. The van der Waals surface area contributed by atoms with Gasteiger partial charge in [0.2, 0.25) is 0 Å². The summed E-state index contributed by atoms with van der Waals surface area (Å²) < 4.78 is 26.5. The van der Waals surface area contributed by atoms with Gasteiger partial charge in [0.15, 0.2) is 8.68 Å². The molecule has 0 saturated heterocycles. The van der Waals surface area contributed by atoms with Crippen molar-refractivity contribution in [2.75, 3.05) is 7.05 Å². The zero-order valence-electron chi connectivity index (χ0n) is 10.7. The first kappa shape index (κ1) is 15.7. The number of benzene rings is 1. The lowest BCUT2D eigenvalue weighted by molar-refractivity contribution is 0.399. The van der Waals surface area contributed by atoms with Crippen LogP contribution in [0.2, 0.25) is 9.49 Å². The average Bonchev–Trinajstić information content (AvgIpc) is 2.84. The zero-order valence-corrected chi connectivity index (χ0v) is 13.9. The smallest absolute Gasteiger partial charge is 0.232 e. The molecule has 2 aromatic rings. The van der Waals surface area contributed by atoms with Gasteiger partial charge in [-0.1, -0.05) is 46.7 Å². The number of halogens is 2. The Balaban J connectivity index is 2.33. The molecule has 0 spiro atoms. The van der Waals surface area contributed by atoms with Gasteiger partial charge in [0.1, 0.15) is 0 Å². The first-order valence-corrected chi connectivity index (χ1v) is 8.68. The van der Waals surface area contributed by atoms with Crippen molar-refractivity contribution in [2.24, 2.45) is 0 Å². The molecule has 0 fully saturated rings. The molecule has 1 unspecified atom stereocenters. The van der Waals surface area contributed by atoms with Crippen LogP contribution < -0.4 is 0 Å². The largest absolute Gasteiger partial charge is 0.254 e. The summed E-state index contributed by atoms with van der Waals surface area (Å²) in [5.74, 6) is 0. The predicted molar refractivity (Wildman–Crippen MR) is 81.9 cm³/mol. The van der Waals surface area contributed by atoms with E-state index in [4.69, 9.17) is 23.2 Å². The van der Waals surface area contributed by atoms with Gasteiger partial charge in [-0.3, -0.25) is 0 Å². The maximum atomic E-state index is 12.4. The van der Waals surface area contributed by atoms with Gasteiger partial charge in [0.25, 0.3) is 10.0 Å². The van der Waals surface area contributed by atoms with E-state index < -0.39 is 10.0 Å². The van der Waals surface area contributed by atoms with Gasteiger partial charge < -0.3 is 0 Å². The summed E-state index contributed by atoms with van der Waals surface area (Å²) in [7, 11) is -2.09. The molecular formula is C12H12Cl2N2O2S2. The van der Waals surface area contributed by atoms with E-state index in [-0.39, 0.29) is 14.7 Å². The zero-order chi connectivity index (χ0) is 14.9. The molecule has 4 nitrogen and oxygen atoms in total. The number of hydrogen-bond donors (Lipinski definition) is 0. The Labute approximate surface area is 132 Å². The van der Waals surface area contributed by atoms with E-state index in [0.717, 1.165) is 16.9 Å². The Hall–Kier alpha value is -0.660. The van der Waals surface area contributed by atoms with E-state index in [9.17, 15) is 8.42 Å². The molecule has 1 atom stereocenters. The van der Waals surface area contributed by atoms with Crippen LogP contribution in [0.4, 0.5) is 0 Å². The van der Waals surface area contributed by atoms with Crippen LogP contribution in [0.25, 0.3) is 0 Å². The van der Waals surface area contributed by atoms with Crippen molar-refractivity contribution >= 4 is 44.6 Å². The molecule has 8 heteroatoms. The second-order valence-electron chi connectivity index (χ2n) is 4.18. The predicted octanol–water partition coefficient (Wildman–Crippen LogP) is 3.83. The number of sulfonamides is 1. The fourth-order valence-electron chi connectivity index (χ4n) is 1.68. The van der Waals surface area contributed by atoms with Gasteiger partial charge >= 0.3 is 0 Å². The lowest BCUT2D eigenvalue weighted by Gasteiger charge is -2.23. The third-order valence-corrected chi connectivity index (χ3v) is 6.68. The van der Waals surface area contributed by atoms with Gasteiger partial charge in [-0.15, -0.1) is 0 Å². The number of nitrogens with zero attached hydrogens (tertiary/aromatic N) is 2. The first-order chi connectivity index (χ1) is 9.32. The topological polar surface area (TPSA) is 50.3 Å². The molecule has 0 aliphatic heterocycles. The summed E-state index contributed by atoms with van der Waals surface area (Å²) in [5, 5.41) is 0.570. The minimum atomic E-state index is -3.62. The Morgan fingerprint density at radius 2 is 2.05 bits per heavy atom. The Kier molecular flexibility index (Phi) is 4.71. The highest BCUT2D eigenvalue weighted by atomic mass is 35.5. The highest BCUT2D eigenvalue weighted by molar-refractivity contribution is 7.91. The molecule has 0 radical (unpaired) electrons. The van der Waals surface area contributed by atoms with Crippen LogP contribution in [-0.2, 0) is 10.0 Å². The van der Waals surface area contributed by atoms with Crippen LogP contribution in [0, 0.1) is 0 Å². The Morgan fingerprint density at radius 3 is 2.60 bits per heavy atom. The minimum absolute atomic E-state index is 0.124. The molecule has 1 aromatic carbocycles. The summed E-state index contributed by atoms with van der Waals surface area (Å²) >= 11 is 12.6. The molecular weight excluding hydrogens is 339 g/mol. The van der Waals surface area contributed by atoms with E-state index in [1.807, 2.05) is 6.07 Å². The molecule has 1 aromatic heterocycles. The first-order valence-electron chi connectivity index (χ1n) is 5.67. The molecule has 108 valence electrons. The quantitative estimate of drug-likeness (QED) is 0.841. The van der Waals surface area contributed by atoms with E-state index >= 15 is 0 Å². The van der Waals surface area contributed by atoms with E-state index in [1.165, 1.54) is 17.5 Å². The minimum Gasteiger partial charge on any atom is -0.232 e. The maximum Gasteiger partial charge on any atom is 0.254 e. The molecule has 0 aliphatic rings. The fourth-order valence-corrected chi connectivity index (χ4v) is 4.71. The van der Waals surface area contributed by atoms with Gasteiger partial charge in [0.05, 0.1) is 6.20 Å². The number of hydrogen-bond acceptors (Lipinski definition) is 4. The lowest BCUT2D eigenvalue weighted by atomic mass is 10.1. The average molecular weight is 351 g/mol. The molecule has 0 N–H and O–H groups in total. The van der Waals surface area contributed by atoms with Crippen molar-refractivity contribution in [1.29, 1.82) is 0 Å². The highest BCUT2D eigenvalue weighted by Crippen LogP contribution is 2.30. The van der Waals surface area contributed by atoms with E-state index in [1.54, 1.807) is 25.1 Å². The third kappa shape index (κ3) is 3.15. The van der Waals surface area contributed by atoms with Crippen LogP contribution in [0.5, 0.6) is 0 Å². The second-order valence-corrected chi connectivity index (χ2v) is 8.46. The normalized spacial score (nSPS) is 13.7. The summed E-state index contributed by atoms with van der Waals surface area (Å²) in [6.07, 6.45) is 1.27. The third-order valence-electron chi connectivity index (χ3n) is 2.97. The molecule has 0 amide bonds. The van der Waals surface area contributed by atoms with Crippen LogP contribution in [0.15, 0.2) is 34.7 Å². The lowest BCUT2D eigenvalue weighted by Crippen LogP contribution is -2.29. The SMILES string of the molecule is CC(c1cccc(Cl)c1)N(C)S(=O)(=O)c1cnc(Cl)s1. The van der Waals surface area contributed by atoms with Crippen molar-refractivity contribution in [3.63, 3.8) is 0 Å². The molecule has 0 saturated carbocycles. The second kappa shape index (κ2) is 5.99. The van der Waals surface area contributed by atoms with Crippen LogP contribution in [0.3, 0.4) is 0 Å². The fraction of sp³-hybridized carbons (Fsp3) is 0.250. The van der Waals surface area contributed by atoms with Gasteiger partial charge in [-0.25, -0.2) is 13.4 Å². The molecule has 0 aliphatic carbocycles. The molecule has 1 heterocycles. The maximum absolute atomic E-state index is 12.4. The summed E-state index contributed by atoms with van der Waals surface area (Å²) in [4.78, 5) is 3.77. The van der Waals surface area contributed by atoms with Crippen LogP contribution in [-0.4, -0.2) is 24.8 Å². The monoisotopic (exact) mass is 350 g/mol. The van der Waals surface area contributed by atoms with Crippen LogP contribution >= 0.6 is 34.5 Å². The van der Waals surface area contributed by atoms with Crippen molar-refractivity contribution in [3.8, 4) is 0 Å². The van der Waals surface area contributed by atoms with Gasteiger partial charge in [0, 0.05) is 18.1 Å². The molecule has 20 heavy (non-hydrogen) atoms.